The van der Waals surface area contributed by atoms with Gasteiger partial charge in [0.25, 0.3) is 0 Å². The van der Waals surface area contributed by atoms with Gasteiger partial charge >= 0.3 is 5.97 Å². The lowest BCUT2D eigenvalue weighted by Gasteiger charge is -2.10. The van der Waals surface area contributed by atoms with Crippen LogP contribution in [-0.4, -0.2) is 25.3 Å². The summed E-state index contributed by atoms with van der Waals surface area (Å²) in [5.41, 5.74) is 1.84. The van der Waals surface area contributed by atoms with Gasteiger partial charge < -0.3 is 19.3 Å². The highest BCUT2D eigenvalue weighted by Gasteiger charge is 2.24. The minimum absolute atomic E-state index is 0.170. The number of rotatable bonds is 4. The maximum Gasteiger partial charge on any atom is 0.343 e. The number of phenolic OH excluding ortho intramolecular Hbond substituents is 1. The zero-order valence-corrected chi connectivity index (χ0v) is 13.3. The quantitative estimate of drug-likeness (QED) is 0.690. The van der Waals surface area contributed by atoms with Crippen LogP contribution in [0.15, 0.2) is 54.1 Å². The summed E-state index contributed by atoms with van der Waals surface area (Å²) >= 11 is 0. The van der Waals surface area contributed by atoms with Gasteiger partial charge in [0.15, 0.2) is 0 Å². The second kappa shape index (κ2) is 6.50. The molecule has 5 nitrogen and oxygen atoms in total. The topological polar surface area (TPSA) is 65.0 Å². The van der Waals surface area contributed by atoms with E-state index in [-0.39, 0.29) is 5.75 Å². The molecule has 2 aromatic rings. The minimum Gasteiger partial charge on any atom is -0.508 e. The van der Waals surface area contributed by atoms with Gasteiger partial charge in [-0.25, -0.2) is 4.79 Å². The number of esters is 1. The van der Waals surface area contributed by atoms with Crippen LogP contribution >= 0.6 is 0 Å². The number of hydrogen-bond acceptors (Lipinski definition) is 5. The van der Waals surface area contributed by atoms with Gasteiger partial charge in [-0.1, -0.05) is 12.1 Å². The van der Waals surface area contributed by atoms with Crippen molar-refractivity contribution < 1.29 is 24.1 Å². The molecular weight excluding hydrogens is 308 g/mol. The SMILES string of the molecule is COc1ccc(OC)c(C2=C/C(=C\c3ccc(O)cc3)C(=O)O2)c1. The van der Waals surface area contributed by atoms with E-state index in [1.165, 1.54) is 0 Å². The number of phenols is 1. The molecule has 0 amide bonds. The molecule has 0 atom stereocenters. The fraction of sp³-hybridized carbons (Fsp3) is 0.105. The maximum atomic E-state index is 12.1. The smallest absolute Gasteiger partial charge is 0.343 e. The Labute approximate surface area is 139 Å². The zero-order chi connectivity index (χ0) is 17.1. The lowest BCUT2D eigenvalue weighted by Crippen LogP contribution is -1.98. The molecule has 1 N–H and O–H groups in total. The van der Waals surface area contributed by atoms with Gasteiger partial charge in [-0.05, 0) is 48.0 Å². The minimum atomic E-state index is -0.442. The van der Waals surface area contributed by atoms with E-state index in [0.29, 0.717) is 28.4 Å². The highest BCUT2D eigenvalue weighted by Crippen LogP contribution is 2.35. The molecule has 0 unspecified atom stereocenters. The van der Waals surface area contributed by atoms with Crippen LogP contribution in [0.1, 0.15) is 11.1 Å². The van der Waals surface area contributed by atoms with Crippen molar-refractivity contribution in [3.63, 3.8) is 0 Å². The molecule has 0 radical (unpaired) electrons. The fourth-order valence-corrected chi connectivity index (χ4v) is 2.38. The number of benzene rings is 2. The van der Waals surface area contributed by atoms with Crippen LogP contribution in [0.2, 0.25) is 0 Å². The van der Waals surface area contributed by atoms with Crippen LogP contribution < -0.4 is 9.47 Å². The van der Waals surface area contributed by atoms with Crippen molar-refractivity contribution in [1.82, 2.24) is 0 Å². The molecule has 0 saturated carbocycles. The van der Waals surface area contributed by atoms with Crippen molar-refractivity contribution in [2.45, 2.75) is 0 Å². The number of ether oxygens (including phenoxy) is 3. The summed E-state index contributed by atoms with van der Waals surface area (Å²) in [6.07, 6.45) is 3.36. The predicted octanol–water partition coefficient (Wildman–Crippen LogP) is 3.39. The van der Waals surface area contributed by atoms with E-state index in [2.05, 4.69) is 0 Å². The Morgan fingerprint density at radius 2 is 1.79 bits per heavy atom. The average molecular weight is 324 g/mol. The van der Waals surface area contributed by atoms with Crippen molar-refractivity contribution in [3.05, 3.63) is 65.2 Å². The van der Waals surface area contributed by atoms with Crippen molar-refractivity contribution in [2.24, 2.45) is 0 Å². The molecule has 5 heteroatoms. The molecule has 1 aliphatic rings. The molecule has 0 saturated heterocycles. The summed E-state index contributed by atoms with van der Waals surface area (Å²) in [4.78, 5) is 12.1. The van der Waals surface area contributed by atoms with E-state index in [4.69, 9.17) is 14.2 Å². The number of methoxy groups -OCH3 is 2. The number of carbonyl (C=O) groups excluding carboxylic acids is 1. The van der Waals surface area contributed by atoms with E-state index in [0.717, 1.165) is 5.56 Å². The summed E-state index contributed by atoms with van der Waals surface area (Å²) in [5, 5.41) is 9.32. The van der Waals surface area contributed by atoms with Gasteiger partial charge in [-0.3, -0.25) is 0 Å². The normalized spacial score (nSPS) is 15.2. The summed E-state index contributed by atoms with van der Waals surface area (Å²) in [6, 6.07) is 11.8. The summed E-state index contributed by atoms with van der Waals surface area (Å²) < 4.78 is 15.9. The van der Waals surface area contributed by atoms with Crippen molar-refractivity contribution in [2.75, 3.05) is 14.2 Å². The third-order valence-electron chi connectivity index (χ3n) is 3.61. The number of carbonyl (C=O) groups is 1. The summed E-state index contributed by atoms with van der Waals surface area (Å²) in [6.45, 7) is 0. The number of cyclic esters (lactones) is 1. The molecular formula is C19H16O5. The van der Waals surface area contributed by atoms with Gasteiger partial charge in [0, 0.05) is 0 Å². The fourth-order valence-electron chi connectivity index (χ4n) is 2.38. The molecule has 3 rings (SSSR count). The molecule has 0 aliphatic carbocycles. The van der Waals surface area contributed by atoms with Gasteiger partial charge in [0.1, 0.15) is 23.0 Å². The Morgan fingerprint density at radius 3 is 2.46 bits per heavy atom. The summed E-state index contributed by atoms with van der Waals surface area (Å²) in [5.74, 6) is 1.35. The predicted molar refractivity (Wildman–Crippen MR) is 89.7 cm³/mol. The Kier molecular flexibility index (Phi) is 4.24. The van der Waals surface area contributed by atoms with Crippen molar-refractivity contribution in [3.8, 4) is 17.2 Å². The third kappa shape index (κ3) is 3.10. The van der Waals surface area contributed by atoms with Crippen LogP contribution in [0.25, 0.3) is 11.8 Å². The number of aromatic hydroxyl groups is 1. The van der Waals surface area contributed by atoms with Crippen LogP contribution in [0.3, 0.4) is 0 Å². The van der Waals surface area contributed by atoms with Crippen LogP contribution in [0, 0.1) is 0 Å². The Bertz CT molecular complexity index is 831. The Morgan fingerprint density at radius 1 is 1.04 bits per heavy atom. The van der Waals surface area contributed by atoms with E-state index >= 15 is 0 Å². The van der Waals surface area contributed by atoms with E-state index in [1.807, 2.05) is 0 Å². The first-order chi connectivity index (χ1) is 11.6. The van der Waals surface area contributed by atoms with Crippen LogP contribution in [-0.2, 0) is 9.53 Å². The number of hydrogen-bond donors (Lipinski definition) is 1. The van der Waals surface area contributed by atoms with Crippen molar-refractivity contribution in [1.29, 1.82) is 0 Å². The molecule has 24 heavy (non-hydrogen) atoms. The standard InChI is InChI=1S/C19H16O5/c1-22-15-7-8-17(23-2)16(11-15)18-10-13(19(21)24-18)9-12-3-5-14(20)6-4-12/h3-11,20H,1-2H3/b13-9+. The lowest BCUT2D eigenvalue weighted by molar-refractivity contribution is -0.130. The van der Waals surface area contributed by atoms with Gasteiger partial charge in [-0.15, -0.1) is 0 Å². The summed E-state index contributed by atoms with van der Waals surface area (Å²) in [7, 11) is 3.12. The van der Waals surface area contributed by atoms with Gasteiger partial charge in [0.2, 0.25) is 0 Å². The first-order valence-electron chi connectivity index (χ1n) is 7.27. The zero-order valence-electron chi connectivity index (χ0n) is 13.3. The monoisotopic (exact) mass is 324 g/mol. The molecule has 2 aromatic carbocycles. The second-order valence-electron chi connectivity index (χ2n) is 5.16. The van der Waals surface area contributed by atoms with E-state index in [9.17, 15) is 9.90 Å². The first-order valence-corrected chi connectivity index (χ1v) is 7.27. The molecule has 1 heterocycles. The lowest BCUT2D eigenvalue weighted by atomic mass is 10.1. The Balaban J connectivity index is 1.98. The Hall–Kier alpha value is -3.21. The highest BCUT2D eigenvalue weighted by atomic mass is 16.5. The van der Waals surface area contributed by atoms with E-state index in [1.54, 1.807) is 68.8 Å². The molecule has 0 fully saturated rings. The van der Waals surface area contributed by atoms with Crippen LogP contribution in [0.4, 0.5) is 0 Å². The van der Waals surface area contributed by atoms with Gasteiger partial charge in [-0.2, -0.15) is 0 Å². The molecule has 0 aromatic heterocycles. The molecule has 122 valence electrons. The molecule has 0 spiro atoms. The third-order valence-corrected chi connectivity index (χ3v) is 3.61. The maximum absolute atomic E-state index is 12.1. The average Bonchev–Trinajstić information content (AvgIpc) is 2.97. The second-order valence-corrected chi connectivity index (χ2v) is 5.16. The highest BCUT2D eigenvalue weighted by molar-refractivity contribution is 6.05. The van der Waals surface area contributed by atoms with Crippen molar-refractivity contribution >= 4 is 17.8 Å². The largest absolute Gasteiger partial charge is 0.508 e. The molecule has 0 bridgehead atoms. The molecule has 1 aliphatic heterocycles. The van der Waals surface area contributed by atoms with E-state index < -0.39 is 5.97 Å². The van der Waals surface area contributed by atoms with Crippen LogP contribution in [0.5, 0.6) is 17.2 Å². The first kappa shape index (κ1) is 15.7. The van der Waals surface area contributed by atoms with Gasteiger partial charge in [0.05, 0.1) is 25.4 Å².